The molecule has 0 spiro atoms. The maximum atomic E-state index is 13.3. The number of nitrogens with zero attached hydrogens (tertiary/aromatic N) is 4. The highest BCUT2D eigenvalue weighted by Crippen LogP contribution is 2.43. The summed E-state index contributed by atoms with van der Waals surface area (Å²) < 4.78 is 7.99. The van der Waals surface area contributed by atoms with Gasteiger partial charge in [-0.05, 0) is 69.1 Å². The van der Waals surface area contributed by atoms with Crippen molar-refractivity contribution in [3.63, 3.8) is 0 Å². The standard InChI is InChI=1S/C25H31N5O2/c1-3-4-10-32-20-12-17-7-8-18(13-20)22(17)29-25(31)23-24-28-21(19-6-5-9-26-14-19)11-16(2)30(24)15-27-23/h5-6,9,11,14-15,17-18,20,22H,3-4,7-8,10,12-13H2,1-2H3,(H,29,31). The molecule has 32 heavy (non-hydrogen) atoms. The number of aromatic nitrogens is 4. The van der Waals surface area contributed by atoms with E-state index in [1.54, 1.807) is 18.7 Å². The predicted octanol–water partition coefficient (Wildman–Crippen LogP) is 4.20. The van der Waals surface area contributed by atoms with Gasteiger partial charge in [-0.25, -0.2) is 9.97 Å². The minimum atomic E-state index is -0.130. The predicted molar refractivity (Wildman–Crippen MR) is 122 cm³/mol. The number of hydrogen-bond acceptors (Lipinski definition) is 5. The summed E-state index contributed by atoms with van der Waals surface area (Å²) in [6.07, 6.45) is 12.2. The average molecular weight is 434 g/mol. The van der Waals surface area contributed by atoms with Crippen molar-refractivity contribution in [3.8, 4) is 11.3 Å². The largest absolute Gasteiger partial charge is 0.378 e. The average Bonchev–Trinajstić information content (AvgIpc) is 3.33. The third-order valence-electron chi connectivity index (χ3n) is 7.07. The summed E-state index contributed by atoms with van der Waals surface area (Å²) >= 11 is 0. The fourth-order valence-corrected chi connectivity index (χ4v) is 5.40. The molecule has 1 amide bonds. The molecule has 0 aromatic carbocycles. The second kappa shape index (κ2) is 8.98. The van der Waals surface area contributed by atoms with E-state index in [1.165, 1.54) is 0 Å². The van der Waals surface area contributed by atoms with E-state index in [2.05, 4.69) is 22.2 Å². The molecular weight excluding hydrogens is 402 g/mol. The van der Waals surface area contributed by atoms with Gasteiger partial charge in [-0.3, -0.25) is 14.2 Å². The fourth-order valence-electron chi connectivity index (χ4n) is 5.40. The second-order valence-electron chi connectivity index (χ2n) is 9.23. The molecule has 2 fully saturated rings. The first-order valence-electron chi connectivity index (χ1n) is 11.8. The first kappa shape index (κ1) is 21.1. The Labute approximate surface area is 188 Å². The summed E-state index contributed by atoms with van der Waals surface area (Å²) in [5.74, 6) is 0.840. The van der Waals surface area contributed by atoms with Gasteiger partial charge in [-0.2, -0.15) is 0 Å². The van der Waals surface area contributed by atoms with Crippen molar-refractivity contribution in [2.24, 2.45) is 11.8 Å². The molecule has 2 aliphatic carbocycles. The lowest BCUT2D eigenvalue weighted by Crippen LogP contribution is -2.46. The van der Waals surface area contributed by atoms with Crippen LogP contribution in [0.3, 0.4) is 0 Å². The van der Waals surface area contributed by atoms with E-state index in [0.717, 1.165) is 62.1 Å². The third-order valence-corrected chi connectivity index (χ3v) is 7.07. The number of ether oxygens (including phenoxy) is 1. The van der Waals surface area contributed by atoms with Crippen molar-refractivity contribution in [2.45, 2.75) is 64.5 Å². The quantitative estimate of drug-likeness (QED) is 0.565. The summed E-state index contributed by atoms with van der Waals surface area (Å²) in [6.45, 7) is 5.04. The molecule has 3 heterocycles. The number of carbonyl (C=O) groups is 1. The van der Waals surface area contributed by atoms with Crippen molar-refractivity contribution in [1.82, 2.24) is 24.7 Å². The summed E-state index contributed by atoms with van der Waals surface area (Å²) in [7, 11) is 0. The number of nitrogens with one attached hydrogen (secondary N) is 1. The molecule has 2 aliphatic rings. The molecule has 2 bridgehead atoms. The van der Waals surface area contributed by atoms with Crippen LogP contribution in [0.25, 0.3) is 16.9 Å². The van der Waals surface area contributed by atoms with E-state index >= 15 is 0 Å². The van der Waals surface area contributed by atoms with Crippen LogP contribution < -0.4 is 5.32 Å². The topological polar surface area (TPSA) is 81.4 Å². The number of imidazole rings is 1. The first-order valence-corrected chi connectivity index (χ1v) is 11.8. The van der Waals surface area contributed by atoms with Crippen molar-refractivity contribution in [2.75, 3.05) is 6.61 Å². The van der Waals surface area contributed by atoms with Crippen LogP contribution in [0.1, 0.15) is 61.6 Å². The van der Waals surface area contributed by atoms with Crippen LogP contribution in [0.15, 0.2) is 36.9 Å². The highest BCUT2D eigenvalue weighted by Gasteiger charge is 2.44. The molecule has 0 radical (unpaired) electrons. The smallest absolute Gasteiger partial charge is 0.274 e. The fraction of sp³-hybridized carbons (Fsp3) is 0.520. The lowest BCUT2D eigenvalue weighted by molar-refractivity contribution is -0.00121. The van der Waals surface area contributed by atoms with E-state index in [1.807, 2.05) is 29.5 Å². The van der Waals surface area contributed by atoms with Gasteiger partial charge in [0.25, 0.3) is 5.91 Å². The Kier molecular flexibility index (Phi) is 5.91. The van der Waals surface area contributed by atoms with Gasteiger partial charge in [0.15, 0.2) is 11.3 Å². The monoisotopic (exact) mass is 433 g/mol. The van der Waals surface area contributed by atoms with Gasteiger partial charge in [0.1, 0.15) is 6.33 Å². The molecule has 5 rings (SSSR count). The molecule has 3 aromatic heterocycles. The molecule has 0 saturated heterocycles. The number of amides is 1. The number of aryl methyl sites for hydroxylation is 1. The zero-order valence-electron chi connectivity index (χ0n) is 18.8. The highest BCUT2D eigenvalue weighted by molar-refractivity contribution is 5.98. The van der Waals surface area contributed by atoms with E-state index in [9.17, 15) is 4.79 Å². The third kappa shape index (κ3) is 4.01. The second-order valence-corrected chi connectivity index (χ2v) is 9.23. The normalized spacial score (nSPS) is 24.7. The first-order chi connectivity index (χ1) is 15.6. The Hall–Kier alpha value is -2.80. The van der Waals surface area contributed by atoms with Gasteiger partial charge in [0, 0.05) is 36.3 Å². The summed E-state index contributed by atoms with van der Waals surface area (Å²) in [5.41, 5.74) is 3.67. The lowest BCUT2D eigenvalue weighted by atomic mass is 9.82. The van der Waals surface area contributed by atoms with Crippen LogP contribution in [0.4, 0.5) is 0 Å². The minimum absolute atomic E-state index is 0.130. The molecule has 7 heteroatoms. The molecule has 2 saturated carbocycles. The Morgan fingerprint density at radius 3 is 2.81 bits per heavy atom. The summed E-state index contributed by atoms with van der Waals surface area (Å²) in [6, 6.07) is 6.06. The van der Waals surface area contributed by atoms with Gasteiger partial charge >= 0.3 is 0 Å². The zero-order chi connectivity index (χ0) is 22.1. The van der Waals surface area contributed by atoms with E-state index < -0.39 is 0 Å². The molecule has 2 atom stereocenters. The molecule has 7 nitrogen and oxygen atoms in total. The van der Waals surface area contributed by atoms with Crippen molar-refractivity contribution in [1.29, 1.82) is 0 Å². The highest BCUT2D eigenvalue weighted by atomic mass is 16.5. The Balaban J connectivity index is 1.34. The Bertz CT molecular complexity index is 1080. The van der Waals surface area contributed by atoms with Gasteiger partial charge in [0.05, 0.1) is 11.8 Å². The maximum Gasteiger partial charge on any atom is 0.274 e. The Morgan fingerprint density at radius 1 is 1.28 bits per heavy atom. The van der Waals surface area contributed by atoms with Gasteiger partial charge in [-0.1, -0.05) is 13.3 Å². The number of fused-ring (bicyclic) bond motifs is 3. The summed E-state index contributed by atoms with van der Waals surface area (Å²) in [5, 5.41) is 3.32. The van der Waals surface area contributed by atoms with Crippen LogP contribution in [-0.2, 0) is 4.74 Å². The molecule has 1 N–H and O–H groups in total. The van der Waals surface area contributed by atoms with Gasteiger partial charge < -0.3 is 10.1 Å². The van der Waals surface area contributed by atoms with Gasteiger partial charge in [0.2, 0.25) is 0 Å². The van der Waals surface area contributed by atoms with Crippen molar-refractivity contribution in [3.05, 3.63) is 48.3 Å². The van der Waals surface area contributed by atoms with Crippen LogP contribution in [0.5, 0.6) is 0 Å². The molecule has 2 unspecified atom stereocenters. The number of unbranched alkanes of at least 4 members (excludes halogenated alkanes) is 1. The lowest BCUT2D eigenvalue weighted by Gasteiger charge is -2.35. The maximum absolute atomic E-state index is 13.3. The van der Waals surface area contributed by atoms with Crippen LogP contribution >= 0.6 is 0 Å². The minimum Gasteiger partial charge on any atom is -0.378 e. The SMILES string of the molecule is CCCCOC1CC2CCC(C1)C2NC(=O)c1ncn2c(C)cc(-c3cccnc3)nc12. The summed E-state index contributed by atoms with van der Waals surface area (Å²) in [4.78, 5) is 26.7. The number of rotatable bonds is 7. The number of carbonyl (C=O) groups excluding carboxylic acids is 1. The molecular formula is C25H31N5O2. The van der Waals surface area contributed by atoms with Gasteiger partial charge in [-0.15, -0.1) is 0 Å². The molecule has 168 valence electrons. The van der Waals surface area contributed by atoms with Crippen LogP contribution in [0, 0.1) is 18.8 Å². The van der Waals surface area contributed by atoms with Crippen LogP contribution in [0.2, 0.25) is 0 Å². The Morgan fingerprint density at radius 2 is 2.09 bits per heavy atom. The van der Waals surface area contributed by atoms with E-state index in [-0.39, 0.29) is 11.9 Å². The van der Waals surface area contributed by atoms with Crippen molar-refractivity contribution >= 4 is 11.6 Å². The van der Waals surface area contributed by atoms with Crippen molar-refractivity contribution < 1.29 is 9.53 Å². The molecule has 3 aromatic rings. The van der Waals surface area contributed by atoms with E-state index in [4.69, 9.17) is 9.72 Å². The zero-order valence-corrected chi connectivity index (χ0v) is 18.8. The van der Waals surface area contributed by atoms with Crippen LogP contribution in [-0.4, -0.2) is 44.0 Å². The van der Waals surface area contributed by atoms with E-state index in [0.29, 0.717) is 29.3 Å². The molecule has 0 aliphatic heterocycles. The number of pyridine rings is 1. The number of hydrogen-bond donors (Lipinski definition) is 1.